The Morgan fingerprint density at radius 3 is 2.75 bits per heavy atom. The third-order valence-electron chi connectivity index (χ3n) is 5.11. The van der Waals surface area contributed by atoms with Gasteiger partial charge in [-0.3, -0.25) is 4.79 Å². The zero-order chi connectivity index (χ0) is 14.0. The van der Waals surface area contributed by atoms with Crippen LogP contribution in [0.4, 0.5) is 0 Å². The molecule has 2 aliphatic rings. The Morgan fingerprint density at radius 1 is 1.25 bits per heavy atom. The van der Waals surface area contributed by atoms with Gasteiger partial charge in [-0.25, -0.2) is 0 Å². The Balaban J connectivity index is 1.77. The van der Waals surface area contributed by atoms with Crippen molar-refractivity contribution in [1.82, 2.24) is 5.32 Å². The first-order valence-corrected chi connectivity index (χ1v) is 7.84. The summed E-state index contributed by atoms with van der Waals surface area (Å²) in [6.45, 7) is 0.479. The second-order valence-corrected chi connectivity index (χ2v) is 6.31. The maximum Gasteiger partial charge on any atom is 0.227 e. The van der Waals surface area contributed by atoms with Crippen molar-refractivity contribution in [2.75, 3.05) is 6.54 Å². The summed E-state index contributed by atoms with van der Waals surface area (Å²) < 4.78 is 0. The summed E-state index contributed by atoms with van der Waals surface area (Å²) in [6.07, 6.45) is 7.48. The maximum atomic E-state index is 12.7. The van der Waals surface area contributed by atoms with E-state index in [-0.39, 0.29) is 17.4 Å². The minimum atomic E-state index is -0.299. The Hall–Kier alpha value is -1.35. The fourth-order valence-electron chi connectivity index (χ4n) is 3.79. The van der Waals surface area contributed by atoms with E-state index in [4.69, 9.17) is 5.73 Å². The average Bonchev–Trinajstić information content (AvgIpc) is 2.98. The predicted molar refractivity (Wildman–Crippen MR) is 80.2 cm³/mol. The van der Waals surface area contributed by atoms with Crippen LogP contribution in [-0.4, -0.2) is 12.5 Å². The Labute approximate surface area is 120 Å². The van der Waals surface area contributed by atoms with Crippen LogP contribution in [0.3, 0.4) is 0 Å². The van der Waals surface area contributed by atoms with Crippen molar-refractivity contribution in [2.45, 2.75) is 51.0 Å². The van der Waals surface area contributed by atoms with E-state index in [1.54, 1.807) is 0 Å². The standard InChI is InChI=1S/C17H24N2O/c18-12-17(10-3-4-11-17)16(20)19-15-9-5-7-13-6-1-2-8-14(13)15/h1-2,6,8,15H,3-5,7,9-12,18H2,(H,19,20). The number of nitrogens with two attached hydrogens (primary N) is 1. The van der Waals surface area contributed by atoms with Crippen LogP contribution in [0.5, 0.6) is 0 Å². The van der Waals surface area contributed by atoms with E-state index in [0.29, 0.717) is 6.54 Å². The quantitative estimate of drug-likeness (QED) is 0.889. The van der Waals surface area contributed by atoms with Crippen LogP contribution in [0.1, 0.15) is 55.7 Å². The molecule has 0 spiro atoms. The van der Waals surface area contributed by atoms with Gasteiger partial charge in [-0.15, -0.1) is 0 Å². The van der Waals surface area contributed by atoms with Crippen molar-refractivity contribution in [3.8, 4) is 0 Å². The fourth-order valence-corrected chi connectivity index (χ4v) is 3.79. The molecule has 20 heavy (non-hydrogen) atoms. The van der Waals surface area contributed by atoms with Crippen LogP contribution in [-0.2, 0) is 11.2 Å². The van der Waals surface area contributed by atoms with E-state index in [1.165, 1.54) is 11.1 Å². The fraction of sp³-hybridized carbons (Fsp3) is 0.588. The Morgan fingerprint density at radius 2 is 2.00 bits per heavy atom. The predicted octanol–water partition coefficient (Wildman–Crippen LogP) is 2.70. The lowest BCUT2D eigenvalue weighted by molar-refractivity contribution is -0.131. The minimum absolute atomic E-state index is 0.177. The lowest BCUT2D eigenvalue weighted by Crippen LogP contribution is -2.45. The smallest absolute Gasteiger partial charge is 0.227 e. The second kappa shape index (κ2) is 5.57. The molecule has 1 aromatic rings. The summed E-state index contributed by atoms with van der Waals surface area (Å²) in [5.41, 5.74) is 8.30. The molecule has 0 aliphatic heterocycles. The zero-order valence-electron chi connectivity index (χ0n) is 12.0. The van der Waals surface area contributed by atoms with Crippen molar-refractivity contribution in [2.24, 2.45) is 11.1 Å². The van der Waals surface area contributed by atoms with Gasteiger partial charge in [0.2, 0.25) is 5.91 Å². The molecule has 1 atom stereocenters. The van der Waals surface area contributed by atoms with Crippen molar-refractivity contribution in [3.05, 3.63) is 35.4 Å². The van der Waals surface area contributed by atoms with E-state index in [2.05, 4.69) is 29.6 Å². The maximum absolute atomic E-state index is 12.7. The van der Waals surface area contributed by atoms with Gasteiger partial charge in [-0.05, 0) is 43.2 Å². The number of carbonyl (C=O) groups is 1. The molecule has 3 N–H and O–H groups in total. The Bertz CT molecular complexity index is 492. The molecule has 1 unspecified atom stereocenters. The van der Waals surface area contributed by atoms with Gasteiger partial charge in [-0.1, -0.05) is 37.1 Å². The molecule has 0 heterocycles. The van der Waals surface area contributed by atoms with Crippen LogP contribution >= 0.6 is 0 Å². The number of aryl methyl sites for hydroxylation is 1. The van der Waals surface area contributed by atoms with Crippen molar-refractivity contribution in [3.63, 3.8) is 0 Å². The average molecular weight is 272 g/mol. The highest BCUT2D eigenvalue weighted by molar-refractivity contribution is 5.83. The molecular weight excluding hydrogens is 248 g/mol. The van der Waals surface area contributed by atoms with Crippen molar-refractivity contribution < 1.29 is 4.79 Å². The molecule has 3 nitrogen and oxygen atoms in total. The third kappa shape index (κ3) is 2.35. The van der Waals surface area contributed by atoms with Crippen LogP contribution in [0.2, 0.25) is 0 Å². The SMILES string of the molecule is NCC1(C(=O)NC2CCCc3ccccc32)CCCC1. The molecule has 3 rings (SSSR count). The highest BCUT2D eigenvalue weighted by Crippen LogP contribution is 2.39. The van der Waals surface area contributed by atoms with E-state index in [9.17, 15) is 4.79 Å². The van der Waals surface area contributed by atoms with E-state index in [0.717, 1.165) is 44.9 Å². The molecule has 1 fully saturated rings. The highest BCUT2D eigenvalue weighted by atomic mass is 16.2. The molecule has 0 radical (unpaired) electrons. The van der Waals surface area contributed by atoms with Crippen molar-refractivity contribution in [1.29, 1.82) is 0 Å². The van der Waals surface area contributed by atoms with E-state index < -0.39 is 0 Å². The lowest BCUT2D eigenvalue weighted by Gasteiger charge is -2.32. The van der Waals surface area contributed by atoms with Crippen molar-refractivity contribution >= 4 is 5.91 Å². The number of carbonyl (C=O) groups excluding carboxylic acids is 1. The topological polar surface area (TPSA) is 55.1 Å². The van der Waals surface area contributed by atoms with Gasteiger partial charge in [0.15, 0.2) is 0 Å². The number of amides is 1. The molecule has 0 bridgehead atoms. The molecule has 108 valence electrons. The lowest BCUT2D eigenvalue weighted by atomic mass is 9.83. The molecule has 3 heteroatoms. The van der Waals surface area contributed by atoms with Gasteiger partial charge in [0.1, 0.15) is 0 Å². The first-order chi connectivity index (χ1) is 9.75. The van der Waals surface area contributed by atoms with Crippen LogP contribution < -0.4 is 11.1 Å². The normalized spacial score (nSPS) is 24.1. The van der Waals surface area contributed by atoms with Gasteiger partial charge in [0.05, 0.1) is 11.5 Å². The summed E-state index contributed by atoms with van der Waals surface area (Å²) in [4.78, 5) is 12.7. The highest BCUT2D eigenvalue weighted by Gasteiger charge is 2.40. The molecule has 0 aromatic heterocycles. The summed E-state index contributed by atoms with van der Waals surface area (Å²) in [6, 6.07) is 8.67. The molecule has 1 saturated carbocycles. The van der Waals surface area contributed by atoms with Crippen LogP contribution in [0.25, 0.3) is 0 Å². The summed E-state index contributed by atoms with van der Waals surface area (Å²) in [5, 5.41) is 3.29. The largest absolute Gasteiger partial charge is 0.349 e. The summed E-state index contributed by atoms with van der Waals surface area (Å²) >= 11 is 0. The molecule has 2 aliphatic carbocycles. The number of nitrogens with one attached hydrogen (secondary N) is 1. The van der Waals surface area contributed by atoms with E-state index in [1.807, 2.05) is 0 Å². The number of hydrogen-bond acceptors (Lipinski definition) is 2. The van der Waals surface area contributed by atoms with Crippen LogP contribution in [0, 0.1) is 5.41 Å². The summed E-state index contributed by atoms with van der Waals surface area (Å²) in [7, 11) is 0. The number of benzene rings is 1. The molecule has 0 saturated heterocycles. The summed E-state index contributed by atoms with van der Waals surface area (Å²) in [5.74, 6) is 0.180. The third-order valence-corrected chi connectivity index (χ3v) is 5.11. The minimum Gasteiger partial charge on any atom is -0.349 e. The number of rotatable bonds is 3. The molecule has 1 amide bonds. The van der Waals surface area contributed by atoms with Gasteiger partial charge < -0.3 is 11.1 Å². The Kier molecular flexibility index (Phi) is 3.79. The number of fused-ring (bicyclic) bond motifs is 1. The van der Waals surface area contributed by atoms with Gasteiger partial charge >= 0.3 is 0 Å². The first-order valence-electron chi connectivity index (χ1n) is 7.84. The number of hydrogen-bond donors (Lipinski definition) is 2. The zero-order valence-corrected chi connectivity index (χ0v) is 12.0. The van der Waals surface area contributed by atoms with Gasteiger partial charge in [0, 0.05) is 6.54 Å². The van der Waals surface area contributed by atoms with E-state index >= 15 is 0 Å². The van der Waals surface area contributed by atoms with Crippen LogP contribution in [0.15, 0.2) is 24.3 Å². The van der Waals surface area contributed by atoms with Gasteiger partial charge in [0.25, 0.3) is 0 Å². The first kappa shape index (κ1) is 13.6. The molecule has 1 aromatic carbocycles. The second-order valence-electron chi connectivity index (χ2n) is 6.31. The van der Waals surface area contributed by atoms with Gasteiger partial charge in [-0.2, -0.15) is 0 Å². The monoisotopic (exact) mass is 272 g/mol. The molecular formula is C17H24N2O.